The Morgan fingerprint density at radius 1 is 1.24 bits per heavy atom. The molecular weight excluding hydrogens is 373 g/mol. The largest absolute Gasteiger partial charge is 0.496 e. The second-order valence-electron chi connectivity index (χ2n) is 6.73. The number of benzene rings is 2. The molecule has 3 N–H and O–H groups in total. The minimum Gasteiger partial charge on any atom is -0.496 e. The van der Waals surface area contributed by atoms with E-state index in [1.54, 1.807) is 18.2 Å². The van der Waals surface area contributed by atoms with Crippen molar-refractivity contribution in [2.75, 3.05) is 19.5 Å². The number of halogens is 1. The lowest BCUT2D eigenvalue weighted by Crippen LogP contribution is -2.32. The van der Waals surface area contributed by atoms with Crippen LogP contribution in [-0.2, 0) is 0 Å². The van der Waals surface area contributed by atoms with Crippen molar-refractivity contribution >= 4 is 11.7 Å². The quantitative estimate of drug-likeness (QED) is 0.705. The molecule has 0 saturated heterocycles. The fraction of sp³-hybridized carbons (Fsp3) is 0.182. The summed E-state index contributed by atoms with van der Waals surface area (Å²) in [5, 5.41) is 3.04. The summed E-state index contributed by atoms with van der Waals surface area (Å²) in [6.45, 7) is 0.497. The Bertz CT molecular complexity index is 1050. The maximum absolute atomic E-state index is 13.6. The summed E-state index contributed by atoms with van der Waals surface area (Å²) in [6.07, 6.45) is 2.08. The van der Waals surface area contributed by atoms with Gasteiger partial charge < -0.3 is 20.5 Å². The smallest absolute Gasteiger partial charge is 0.253 e. The van der Waals surface area contributed by atoms with Crippen molar-refractivity contribution in [3.05, 3.63) is 71.7 Å². The molecule has 0 radical (unpaired) electrons. The minimum absolute atomic E-state index is 0.227. The van der Waals surface area contributed by atoms with E-state index in [0.717, 1.165) is 16.7 Å². The summed E-state index contributed by atoms with van der Waals surface area (Å²) in [7, 11) is 1.50. The summed E-state index contributed by atoms with van der Waals surface area (Å²) in [4.78, 5) is 16.6. The topological polar surface area (TPSA) is 86.5 Å². The number of fused-ring (bicyclic) bond motifs is 1. The number of rotatable bonds is 4. The minimum atomic E-state index is -0.367. The molecule has 4 rings (SSSR count). The van der Waals surface area contributed by atoms with Crippen LogP contribution in [0.3, 0.4) is 0 Å². The Balaban J connectivity index is 1.65. The third-order valence-electron chi connectivity index (χ3n) is 4.88. The first-order chi connectivity index (χ1) is 14.0. The number of methoxy groups -OCH3 is 1. The molecule has 0 aliphatic carbocycles. The number of nitrogens with two attached hydrogens (primary N) is 1. The zero-order chi connectivity index (χ0) is 20.4. The van der Waals surface area contributed by atoms with E-state index in [1.807, 2.05) is 18.2 Å². The third kappa shape index (κ3) is 3.85. The van der Waals surface area contributed by atoms with Gasteiger partial charge in [-0.1, -0.05) is 6.07 Å². The van der Waals surface area contributed by atoms with Crippen LogP contribution in [-0.4, -0.2) is 24.6 Å². The third-order valence-corrected chi connectivity index (χ3v) is 4.88. The monoisotopic (exact) mass is 393 g/mol. The fourth-order valence-electron chi connectivity index (χ4n) is 3.40. The molecule has 6 nitrogen and oxygen atoms in total. The molecule has 0 spiro atoms. The number of nitrogens with zero attached hydrogens (tertiary/aromatic N) is 1. The number of ether oxygens (including phenoxy) is 2. The molecule has 2 aromatic carbocycles. The van der Waals surface area contributed by atoms with E-state index in [4.69, 9.17) is 15.2 Å². The number of nitrogens with one attached hydrogen (secondary N) is 1. The Hall–Kier alpha value is -3.61. The molecule has 1 aliphatic heterocycles. The zero-order valence-corrected chi connectivity index (χ0v) is 15.8. The predicted molar refractivity (Wildman–Crippen MR) is 107 cm³/mol. The van der Waals surface area contributed by atoms with Gasteiger partial charge in [-0.15, -0.1) is 0 Å². The normalized spacial score (nSPS) is 15.2. The van der Waals surface area contributed by atoms with Crippen LogP contribution < -0.4 is 20.5 Å². The maximum atomic E-state index is 13.6. The maximum Gasteiger partial charge on any atom is 0.253 e. The van der Waals surface area contributed by atoms with Crippen molar-refractivity contribution in [2.24, 2.45) is 0 Å². The van der Waals surface area contributed by atoms with Crippen molar-refractivity contribution in [2.45, 2.75) is 12.5 Å². The van der Waals surface area contributed by atoms with Crippen LogP contribution in [0, 0.1) is 5.82 Å². The molecule has 0 bridgehead atoms. The van der Waals surface area contributed by atoms with Crippen LogP contribution in [0.2, 0.25) is 0 Å². The first-order valence-electron chi connectivity index (χ1n) is 9.18. The van der Waals surface area contributed by atoms with E-state index in [-0.39, 0.29) is 17.8 Å². The molecule has 7 heteroatoms. The highest BCUT2D eigenvalue weighted by Gasteiger charge is 2.24. The highest BCUT2D eigenvalue weighted by molar-refractivity contribution is 5.94. The lowest BCUT2D eigenvalue weighted by molar-refractivity contribution is 0.0924. The number of carbonyl (C=O) groups excluding carboxylic acids is 1. The molecule has 1 unspecified atom stereocenters. The summed E-state index contributed by atoms with van der Waals surface area (Å²) in [6, 6.07) is 13.1. The number of amides is 1. The molecule has 148 valence electrons. The van der Waals surface area contributed by atoms with Gasteiger partial charge in [0.2, 0.25) is 0 Å². The molecule has 1 atom stereocenters. The molecule has 29 heavy (non-hydrogen) atoms. The Morgan fingerprint density at radius 2 is 2.10 bits per heavy atom. The number of hydrogen-bond donors (Lipinski definition) is 2. The molecule has 1 aromatic heterocycles. The van der Waals surface area contributed by atoms with Crippen LogP contribution in [0.25, 0.3) is 11.1 Å². The van der Waals surface area contributed by atoms with E-state index < -0.39 is 0 Å². The van der Waals surface area contributed by atoms with Crippen molar-refractivity contribution in [1.82, 2.24) is 10.3 Å². The molecule has 1 aliphatic rings. The number of pyridine rings is 1. The van der Waals surface area contributed by atoms with Gasteiger partial charge in [-0.2, -0.15) is 0 Å². The van der Waals surface area contributed by atoms with Gasteiger partial charge in [0.15, 0.2) is 0 Å². The molecule has 0 saturated carbocycles. The van der Waals surface area contributed by atoms with Crippen LogP contribution in [0.1, 0.15) is 28.4 Å². The molecular formula is C22H20FN3O3. The summed E-state index contributed by atoms with van der Waals surface area (Å²) in [5.41, 5.74) is 8.48. The fourth-order valence-corrected chi connectivity index (χ4v) is 3.40. The Labute approximate surface area is 167 Å². The van der Waals surface area contributed by atoms with Gasteiger partial charge in [0.1, 0.15) is 23.1 Å². The van der Waals surface area contributed by atoms with Crippen molar-refractivity contribution < 1.29 is 18.7 Å². The van der Waals surface area contributed by atoms with Crippen LogP contribution >= 0.6 is 0 Å². The molecule has 0 fully saturated rings. The molecule has 3 aromatic rings. The number of carbonyl (C=O) groups is 1. The number of nitrogen functional groups attached to an aromatic ring is 1. The summed E-state index contributed by atoms with van der Waals surface area (Å²) in [5.74, 6) is 0.905. The highest BCUT2D eigenvalue weighted by atomic mass is 19.1. The second-order valence-corrected chi connectivity index (χ2v) is 6.73. The van der Waals surface area contributed by atoms with Gasteiger partial charge in [-0.3, -0.25) is 4.79 Å². The summed E-state index contributed by atoms with van der Waals surface area (Å²) < 4.78 is 24.6. The van der Waals surface area contributed by atoms with Gasteiger partial charge in [-0.05, 0) is 42.0 Å². The predicted octanol–water partition coefficient (Wildman–Crippen LogP) is 3.73. The first-order valence-corrected chi connectivity index (χ1v) is 9.18. The van der Waals surface area contributed by atoms with Crippen LogP contribution in [0.4, 0.5) is 10.2 Å². The van der Waals surface area contributed by atoms with Crippen LogP contribution in [0.15, 0.2) is 54.7 Å². The van der Waals surface area contributed by atoms with Crippen molar-refractivity contribution in [3.63, 3.8) is 0 Å². The van der Waals surface area contributed by atoms with Crippen molar-refractivity contribution in [3.8, 4) is 22.6 Å². The van der Waals surface area contributed by atoms with E-state index in [2.05, 4.69) is 10.3 Å². The summed E-state index contributed by atoms with van der Waals surface area (Å²) >= 11 is 0. The number of aromatic nitrogens is 1. The highest BCUT2D eigenvalue weighted by Crippen LogP contribution is 2.38. The SMILES string of the molecule is COc1cc(F)ccc1-c1ccc2c(c1)C(NC(=O)c1ccc(N)nc1)CCO2. The number of hydrogen-bond acceptors (Lipinski definition) is 5. The van der Waals surface area contributed by atoms with E-state index in [0.29, 0.717) is 35.9 Å². The van der Waals surface area contributed by atoms with Gasteiger partial charge in [0.05, 0.1) is 25.3 Å². The standard InChI is InChI=1S/C22H20FN3O3/c1-28-20-11-15(23)4-5-16(20)13-2-6-19-17(10-13)18(8-9-29-19)26-22(27)14-3-7-21(24)25-12-14/h2-7,10-12,18H,8-9H2,1H3,(H2,24,25)(H,26,27). The van der Waals surface area contributed by atoms with Gasteiger partial charge in [-0.25, -0.2) is 9.37 Å². The average molecular weight is 393 g/mol. The van der Waals surface area contributed by atoms with Crippen LogP contribution in [0.5, 0.6) is 11.5 Å². The zero-order valence-electron chi connectivity index (χ0n) is 15.8. The molecule has 1 amide bonds. The molecule has 2 heterocycles. The Morgan fingerprint density at radius 3 is 2.86 bits per heavy atom. The van der Waals surface area contributed by atoms with Gasteiger partial charge in [0.25, 0.3) is 5.91 Å². The lowest BCUT2D eigenvalue weighted by atomic mass is 9.95. The van der Waals surface area contributed by atoms with E-state index in [9.17, 15) is 9.18 Å². The lowest BCUT2D eigenvalue weighted by Gasteiger charge is -2.27. The first kappa shape index (κ1) is 18.7. The van der Waals surface area contributed by atoms with Gasteiger partial charge in [0, 0.05) is 29.8 Å². The average Bonchev–Trinajstić information content (AvgIpc) is 2.74. The van der Waals surface area contributed by atoms with E-state index >= 15 is 0 Å². The van der Waals surface area contributed by atoms with E-state index in [1.165, 1.54) is 25.4 Å². The Kier molecular flexibility index (Phi) is 5.03. The van der Waals surface area contributed by atoms with Crippen molar-refractivity contribution in [1.29, 1.82) is 0 Å². The van der Waals surface area contributed by atoms with Gasteiger partial charge >= 0.3 is 0 Å². The number of anilines is 1. The second kappa shape index (κ2) is 7.79.